The first-order valence-corrected chi connectivity index (χ1v) is 7.73. The molecule has 0 spiro atoms. The summed E-state index contributed by atoms with van der Waals surface area (Å²) in [6.45, 7) is 1.24. The summed E-state index contributed by atoms with van der Waals surface area (Å²) in [5, 5.41) is 10.5. The third-order valence-electron chi connectivity index (χ3n) is 4.68. The molecule has 1 N–H and O–H groups in total. The van der Waals surface area contributed by atoms with E-state index in [0.717, 1.165) is 44.2 Å². The second-order valence-electron chi connectivity index (χ2n) is 5.99. The second-order valence-corrected chi connectivity index (χ2v) is 6.43. The zero-order valence-corrected chi connectivity index (χ0v) is 12.3. The molecule has 1 aromatic carbocycles. The number of carbonyl (C=O) groups is 1. The van der Waals surface area contributed by atoms with Gasteiger partial charge in [0.2, 0.25) is 5.91 Å². The third-order valence-corrected chi connectivity index (χ3v) is 4.91. The number of carbonyl (C=O) groups excluding carboxylic acids is 1. The topological polar surface area (TPSA) is 40.5 Å². The van der Waals surface area contributed by atoms with Gasteiger partial charge in [0.25, 0.3) is 0 Å². The Bertz CT molecular complexity index is 513. The Morgan fingerprint density at radius 3 is 2.75 bits per heavy atom. The molecule has 0 radical (unpaired) electrons. The van der Waals surface area contributed by atoms with Crippen LogP contribution in [0.5, 0.6) is 0 Å². The van der Waals surface area contributed by atoms with Crippen LogP contribution in [-0.4, -0.2) is 35.1 Å². The summed E-state index contributed by atoms with van der Waals surface area (Å²) < 4.78 is 0. The van der Waals surface area contributed by atoms with Crippen LogP contribution in [0.15, 0.2) is 24.3 Å². The highest BCUT2D eigenvalue weighted by Gasteiger charge is 2.48. The first-order valence-electron chi connectivity index (χ1n) is 7.35. The molecule has 1 saturated heterocycles. The van der Waals surface area contributed by atoms with E-state index < -0.39 is 5.41 Å². The maximum absolute atomic E-state index is 12.9. The number of aliphatic hydroxyl groups excluding tert-OH is 1. The van der Waals surface area contributed by atoms with Gasteiger partial charge >= 0.3 is 0 Å². The van der Waals surface area contributed by atoms with Gasteiger partial charge < -0.3 is 10.0 Å². The first-order chi connectivity index (χ1) is 9.62. The van der Waals surface area contributed by atoms with Gasteiger partial charge in [-0.3, -0.25) is 4.79 Å². The molecule has 3 nitrogen and oxygen atoms in total. The van der Waals surface area contributed by atoms with Crippen molar-refractivity contribution in [1.29, 1.82) is 0 Å². The molecule has 1 aliphatic heterocycles. The van der Waals surface area contributed by atoms with Crippen LogP contribution < -0.4 is 0 Å². The van der Waals surface area contributed by atoms with Crippen molar-refractivity contribution >= 4 is 17.5 Å². The lowest BCUT2D eigenvalue weighted by Gasteiger charge is -2.45. The molecule has 20 heavy (non-hydrogen) atoms. The fourth-order valence-electron chi connectivity index (χ4n) is 3.38. The molecule has 1 aromatic rings. The minimum absolute atomic E-state index is 0.171. The van der Waals surface area contributed by atoms with Crippen molar-refractivity contribution < 1.29 is 9.90 Å². The number of benzene rings is 1. The molecular formula is C16H20ClNO2. The number of hydrogen-bond acceptors (Lipinski definition) is 2. The van der Waals surface area contributed by atoms with E-state index in [1.54, 1.807) is 0 Å². The molecule has 1 saturated carbocycles. The second kappa shape index (κ2) is 5.38. The van der Waals surface area contributed by atoms with Crippen LogP contribution in [0.4, 0.5) is 0 Å². The summed E-state index contributed by atoms with van der Waals surface area (Å²) in [5.41, 5.74) is 0.628. The zero-order chi connectivity index (χ0) is 14.2. The number of hydrogen-bond donors (Lipinski definition) is 1. The van der Waals surface area contributed by atoms with Crippen LogP contribution in [0.2, 0.25) is 5.02 Å². The van der Waals surface area contributed by atoms with Gasteiger partial charge in [0.1, 0.15) is 0 Å². The van der Waals surface area contributed by atoms with Gasteiger partial charge in [-0.05, 0) is 43.4 Å². The molecule has 0 aromatic heterocycles. The normalized spacial score (nSPS) is 25.1. The molecule has 1 amide bonds. The van der Waals surface area contributed by atoms with Crippen molar-refractivity contribution in [1.82, 2.24) is 4.90 Å². The smallest absolute Gasteiger partial charge is 0.233 e. The molecule has 0 bridgehead atoms. The predicted octanol–water partition coefficient (Wildman–Crippen LogP) is 2.75. The van der Waals surface area contributed by atoms with Crippen molar-refractivity contribution in [3.63, 3.8) is 0 Å². The van der Waals surface area contributed by atoms with Gasteiger partial charge in [-0.2, -0.15) is 0 Å². The molecule has 0 unspecified atom stereocenters. The Labute approximate surface area is 124 Å². The van der Waals surface area contributed by atoms with Gasteiger partial charge in [0, 0.05) is 18.1 Å². The van der Waals surface area contributed by atoms with Gasteiger partial charge in [-0.15, -0.1) is 0 Å². The first kappa shape index (κ1) is 13.9. The Balaban J connectivity index is 1.87. The number of rotatable bonds is 2. The van der Waals surface area contributed by atoms with E-state index in [2.05, 4.69) is 0 Å². The molecule has 1 aliphatic carbocycles. The Morgan fingerprint density at radius 1 is 1.35 bits per heavy atom. The Kier molecular flexibility index (Phi) is 3.74. The molecular weight excluding hydrogens is 274 g/mol. The molecule has 4 heteroatoms. The number of nitrogens with zero attached hydrogens (tertiary/aromatic N) is 1. The highest BCUT2D eigenvalue weighted by molar-refractivity contribution is 6.30. The summed E-state index contributed by atoms with van der Waals surface area (Å²) in [4.78, 5) is 14.8. The van der Waals surface area contributed by atoms with E-state index in [4.69, 9.17) is 11.6 Å². The minimum Gasteiger partial charge on any atom is -0.391 e. The minimum atomic E-state index is -0.401. The van der Waals surface area contributed by atoms with Crippen molar-refractivity contribution in [2.75, 3.05) is 13.1 Å². The SMILES string of the molecule is O=C(N1CCC[C@H](O)C1)C1(c2cccc(Cl)c2)CCC1. The van der Waals surface area contributed by atoms with Crippen LogP contribution in [0, 0.1) is 0 Å². The van der Waals surface area contributed by atoms with Gasteiger partial charge in [0.05, 0.1) is 11.5 Å². The Morgan fingerprint density at radius 2 is 2.15 bits per heavy atom. The van der Waals surface area contributed by atoms with Crippen LogP contribution in [0.25, 0.3) is 0 Å². The van der Waals surface area contributed by atoms with Gasteiger partial charge in [-0.25, -0.2) is 0 Å². The van der Waals surface area contributed by atoms with Gasteiger partial charge in [-0.1, -0.05) is 30.2 Å². The van der Waals surface area contributed by atoms with Crippen molar-refractivity contribution in [3.8, 4) is 0 Å². The highest BCUT2D eigenvalue weighted by atomic mass is 35.5. The third kappa shape index (κ3) is 2.33. The molecule has 108 valence electrons. The Hall–Kier alpha value is -1.06. The number of halogens is 1. The summed E-state index contributed by atoms with van der Waals surface area (Å²) in [7, 11) is 0. The summed E-state index contributed by atoms with van der Waals surface area (Å²) in [5.74, 6) is 0.171. The predicted molar refractivity (Wildman–Crippen MR) is 78.8 cm³/mol. The summed E-state index contributed by atoms with van der Waals surface area (Å²) in [6, 6.07) is 7.67. The van der Waals surface area contributed by atoms with E-state index in [-0.39, 0.29) is 12.0 Å². The lowest BCUT2D eigenvalue weighted by Crippen LogP contribution is -2.54. The van der Waals surface area contributed by atoms with Gasteiger partial charge in [0.15, 0.2) is 0 Å². The van der Waals surface area contributed by atoms with E-state index in [1.807, 2.05) is 29.2 Å². The number of likely N-dealkylation sites (tertiary alicyclic amines) is 1. The van der Waals surface area contributed by atoms with Crippen molar-refractivity contribution in [3.05, 3.63) is 34.9 Å². The lowest BCUT2D eigenvalue weighted by atomic mass is 9.63. The van der Waals surface area contributed by atoms with E-state index in [9.17, 15) is 9.90 Å². The maximum atomic E-state index is 12.9. The highest BCUT2D eigenvalue weighted by Crippen LogP contribution is 2.46. The fraction of sp³-hybridized carbons (Fsp3) is 0.562. The summed E-state index contributed by atoms with van der Waals surface area (Å²) in [6.07, 6.45) is 4.17. The largest absolute Gasteiger partial charge is 0.391 e. The number of amides is 1. The molecule has 2 aliphatic rings. The molecule has 2 fully saturated rings. The van der Waals surface area contributed by atoms with Crippen LogP contribution in [0.1, 0.15) is 37.7 Å². The number of piperidine rings is 1. The van der Waals surface area contributed by atoms with Crippen molar-refractivity contribution in [2.24, 2.45) is 0 Å². The lowest BCUT2D eigenvalue weighted by molar-refractivity contribution is -0.144. The fourth-order valence-corrected chi connectivity index (χ4v) is 3.57. The zero-order valence-electron chi connectivity index (χ0n) is 11.5. The monoisotopic (exact) mass is 293 g/mol. The number of β-amino-alcohol motifs (C(OH)–C–C–N with tert-alkyl or cyclic N) is 1. The van der Waals surface area contributed by atoms with E-state index >= 15 is 0 Å². The molecule has 1 atom stereocenters. The van der Waals surface area contributed by atoms with Crippen LogP contribution in [0.3, 0.4) is 0 Å². The van der Waals surface area contributed by atoms with Crippen LogP contribution in [-0.2, 0) is 10.2 Å². The van der Waals surface area contributed by atoms with Crippen LogP contribution >= 0.6 is 11.6 Å². The van der Waals surface area contributed by atoms with E-state index in [1.165, 1.54) is 0 Å². The molecule has 1 heterocycles. The number of aliphatic hydroxyl groups is 1. The average Bonchev–Trinajstić information content (AvgIpc) is 2.37. The maximum Gasteiger partial charge on any atom is 0.233 e. The van der Waals surface area contributed by atoms with E-state index in [0.29, 0.717) is 11.6 Å². The molecule has 3 rings (SSSR count). The summed E-state index contributed by atoms with van der Waals surface area (Å²) >= 11 is 6.08. The average molecular weight is 294 g/mol. The quantitative estimate of drug-likeness (QED) is 0.911. The van der Waals surface area contributed by atoms with Crippen molar-refractivity contribution in [2.45, 2.75) is 43.6 Å². The standard InChI is InChI=1S/C16H20ClNO2/c17-13-5-1-4-12(10-13)16(7-3-8-16)15(20)18-9-2-6-14(19)11-18/h1,4-5,10,14,19H,2-3,6-9,11H2/t14-/m0/s1.